The van der Waals surface area contributed by atoms with Gasteiger partial charge in [0.25, 0.3) is 0 Å². The maximum absolute atomic E-state index is 4.66. The number of nitrogens with one attached hydrogen (secondary N) is 2. The molecule has 0 saturated carbocycles. The van der Waals surface area contributed by atoms with Crippen LogP contribution in [0.3, 0.4) is 0 Å². The van der Waals surface area contributed by atoms with Gasteiger partial charge in [0.1, 0.15) is 17.5 Å². The highest BCUT2D eigenvalue weighted by atomic mass is 127. The molecule has 0 aliphatic carbocycles. The number of benzene rings is 1. The van der Waals surface area contributed by atoms with Gasteiger partial charge in [-0.15, -0.1) is 0 Å². The highest BCUT2D eigenvalue weighted by Crippen LogP contribution is 2.26. The fraction of sp³-hybridized carbons (Fsp3) is 0.375. The third-order valence-electron chi connectivity index (χ3n) is 2.89. The first-order valence-electron chi connectivity index (χ1n) is 7.05. The van der Waals surface area contributed by atoms with Crippen LogP contribution in [0, 0.1) is 3.57 Å². The Bertz CT molecular complexity index is 620. The van der Waals surface area contributed by atoms with E-state index in [2.05, 4.69) is 77.0 Å². The number of hydrogen-bond donors (Lipinski definition) is 2. The summed E-state index contributed by atoms with van der Waals surface area (Å²) in [4.78, 5) is 9.25. The molecule has 21 heavy (non-hydrogen) atoms. The molecule has 4 nitrogen and oxygen atoms in total. The first kappa shape index (κ1) is 16.0. The van der Waals surface area contributed by atoms with Crippen LogP contribution in [0.1, 0.15) is 33.5 Å². The average Bonchev–Trinajstić information content (AvgIpc) is 2.41. The molecule has 0 bridgehead atoms. The third-order valence-corrected chi connectivity index (χ3v) is 3.83. The van der Waals surface area contributed by atoms with Crippen LogP contribution in [0.2, 0.25) is 0 Å². The molecule has 2 rings (SSSR count). The van der Waals surface area contributed by atoms with Crippen molar-refractivity contribution in [2.75, 3.05) is 17.2 Å². The molecule has 0 aliphatic heterocycles. The summed E-state index contributed by atoms with van der Waals surface area (Å²) in [5.74, 6) is 2.50. The van der Waals surface area contributed by atoms with Crippen molar-refractivity contribution in [3.8, 4) is 0 Å². The van der Waals surface area contributed by atoms with E-state index in [1.165, 1.54) is 0 Å². The van der Waals surface area contributed by atoms with Gasteiger partial charge in [-0.3, -0.25) is 0 Å². The van der Waals surface area contributed by atoms with Gasteiger partial charge in [-0.05, 0) is 41.6 Å². The molecule has 0 spiro atoms. The summed E-state index contributed by atoms with van der Waals surface area (Å²) >= 11 is 2.32. The highest BCUT2D eigenvalue weighted by molar-refractivity contribution is 14.1. The van der Waals surface area contributed by atoms with E-state index in [0.717, 1.165) is 33.3 Å². The molecule has 0 aliphatic rings. The zero-order valence-corrected chi connectivity index (χ0v) is 15.0. The Morgan fingerprint density at radius 2 is 1.76 bits per heavy atom. The minimum Gasteiger partial charge on any atom is -0.370 e. The van der Waals surface area contributed by atoms with E-state index in [0.29, 0.717) is 0 Å². The first-order chi connectivity index (χ1) is 9.90. The van der Waals surface area contributed by atoms with Gasteiger partial charge in [0.15, 0.2) is 0 Å². The Hall–Kier alpha value is -1.37. The number of anilines is 3. The monoisotopic (exact) mass is 396 g/mol. The van der Waals surface area contributed by atoms with Crippen LogP contribution in [0.15, 0.2) is 30.3 Å². The number of halogens is 1. The lowest BCUT2D eigenvalue weighted by Crippen LogP contribution is -2.18. The van der Waals surface area contributed by atoms with E-state index in [1.54, 1.807) is 0 Å². The lowest BCUT2D eigenvalue weighted by Gasteiger charge is -2.19. The summed E-state index contributed by atoms with van der Waals surface area (Å²) in [7, 11) is 0. The molecule has 5 heteroatoms. The second-order valence-corrected chi connectivity index (χ2v) is 7.01. The fourth-order valence-electron chi connectivity index (χ4n) is 1.82. The average molecular weight is 396 g/mol. The fourth-order valence-corrected chi connectivity index (χ4v) is 2.34. The maximum Gasteiger partial charge on any atom is 0.138 e. The molecule has 1 heterocycles. The number of hydrogen-bond acceptors (Lipinski definition) is 4. The summed E-state index contributed by atoms with van der Waals surface area (Å²) in [6.45, 7) is 9.26. The van der Waals surface area contributed by atoms with E-state index >= 15 is 0 Å². The van der Waals surface area contributed by atoms with Crippen molar-refractivity contribution in [2.24, 2.45) is 0 Å². The Kier molecular flexibility index (Phi) is 5.03. The molecule has 0 atom stereocenters. The van der Waals surface area contributed by atoms with Crippen LogP contribution < -0.4 is 10.6 Å². The molecular weight excluding hydrogens is 375 g/mol. The van der Waals surface area contributed by atoms with Crippen molar-refractivity contribution in [2.45, 2.75) is 33.1 Å². The van der Waals surface area contributed by atoms with Crippen molar-refractivity contribution in [1.82, 2.24) is 9.97 Å². The minimum absolute atomic E-state index is 0.0916. The van der Waals surface area contributed by atoms with E-state index in [1.807, 2.05) is 24.3 Å². The van der Waals surface area contributed by atoms with Gasteiger partial charge in [0.2, 0.25) is 0 Å². The number of nitrogens with zero attached hydrogens (tertiary/aromatic N) is 2. The van der Waals surface area contributed by atoms with E-state index in [9.17, 15) is 0 Å². The predicted octanol–water partition coefficient (Wildman–Crippen LogP) is 4.55. The van der Waals surface area contributed by atoms with Crippen molar-refractivity contribution in [3.63, 3.8) is 0 Å². The van der Waals surface area contributed by atoms with E-state index in [4.69, 9.17) is 0 Å². The topological polar surface area (TPSA) is 49.8 Å². The quantitative estimate of drug-likeness (QED) is 0.745. The summed E-state index contributed by atoms with van der Waals surface area (Å²) in [6, 6.07) is 10.1. The van der Waals surface area contributed by atoms with Crippen molar-refractivity contribution in [1.29, 1.82) is 0 Å². The van der Waals surface area contributed by atoms with Crippen LogP contribution in [0.4, 0.5) is 17.3 Å². The predicted molar refractivity (Wildman–Crippen MR) is 97.3 cm³/mol. The van der Waals surface area contributed by atoms with Crippen LogP contribution in [0.5, 0.6) is 0 Å². The molecule has 0 amide bonds. The zero-order valence-electron chi connectivity index (χ0n) is 12.9. The molecule has 0 saturated heterocycles. The van der Waals surface area contributed by atoms with Crippen molar-refractivity contribution < 1.29 is 0 Å². The highest BCUT2D eigenvalue weighted by Gasteiger charge is 2.19. The third kappa shape index (κ3) is 4.30. The summed E-state index contributed by atoms with van der Waals surface area (Å²) in [5.41, 5.74) is 0.963. The van der Waals surface area contributed by atoms with Gasteiger partial charge in [-0.1, -0.05) is 32.9 Å². The second kappa shape index (κ2) is 6.60. The molecule has 0 fully saturated rings. The number of para-hydroxylation sites is 1. The Balaban J connectivity index is 2.38. The SMILES string of the molecule is CCNc1cc(Nc2ccccc2I)nc(C(C)(C)C)n1. The summed E-state index contributed by atoms with van der Waals surface area (Å²) < 4.78 is 1.16. The summed E-state index contributed by atoms with van der Waals surface area (Å²) in [6.07, 6.45) is 0. The molecule has 2 N–H and O–H groups in total. The molecule has 1 aromatic heterocycles. The van der Waals surface area contributed by atoms with Gasteiger partial charge >= 0.3 is 0 Å². The van der Waals surface area contributed by atoms with Crippen LogP contribution in [0.25, 0.3) is 0 Å². The van der Waals surface area contributed by atoms with E-state index in [-0.39, 0.29) is 5.41 Å². The van der Waals surface area contributed by atoms with Gasteiger partial charge in [0, 0.05) is 21.6 Å². The molecule has 112 valence electrons. The normalized spacial score (nSPS) is 11.3. The molecule has 0 radical (unpaired) electrons. The summed E-state index contributed by atoms with van der Waals surface area (Å²) in [5, 5.41) is 6.65. The van der Waals surface area contributed by atoms with Crippen LogP contribution >= 0.6 is 22.6 Å². The number of rotatable bonds is 4. The van der Waals surface area contributed by atoms with Gasteiger partial charge < -0.3 is 10.6 Å². The van der Waals surface area contributed by atoms with Gasteiger partial charge in [-0.25, -0.2) is 9.97 Å². The smallest absolute Gasteiger partial charge is 0.138 e. The van der Waals surface area contributed by atoms with Crippen LogP contribution in [-0.2, 0) is 5.41 Å². The zero-order chi connectivity index (χ0) is 15.5. The van der Waals surface area contributed by atoms with Crippen molar-refractivity contribution >= 4 is 39.9 Å². The number of aromatic nitrogens is 2. The minimum atomic E-state index is -0.0916. The molecule has 0 unspecified atom stereocenters. The first-order valence-corrected chi connectivity index (χ1v) is 8.13. The Morgan fingerprint density at radius 1 is 1.10 bits per heavy atom. The Labute approximate surface area is 139 Å². The molecule has 1 aromatic carbocycles. The second-order valence-electron chi connectivity index (χ2n) is 5.85. The van der Waals surface area contributed by atoms with Crippen LogP contribution in [-0.4, -0.2) is 16.5 Å². The Morgan fingerprint density at radius 3 is 2.38 bits per heavy atom. The lowest BCUT2D eigenvalue weighted by atomic mass is 9.96. The molecular formula is C16H21IN4. The largest absolute Gasteiger partial charge is 0.370 e. The molecule has 2 aromatic rings. The van der Waals surface area contributed by atoms with Gasteiger partial charge in [0.05, 0.1) is 5.69 Å². The van der Waals surface area contributed by atoms with Crippen molar-refractivity contribution in [3.05, 3.63) is 39.7 Å². The van der Waals surface area contributed by atoms with E-state index < -0.39 is 0 Å². The standard InChI is InChI=1S/C16H21IN4/c1-5-18-13-10-14(21-15(20-13)16(2,3)4)19-12-9-7-6-8-11(12)17/h6-10H,5H2,1-4H3,(H2,18,19,20,21). The maximum atomic E-state index is 4.66. The lowest BCUT2D eigenvalue weighted by molar-refractivity contribution is 0.547. The van der Waals surface area contributed by atoms with Gasteiger partial charge in [-0.2, -0.15) is 0 Å².